The van der Waals surface area contributed by atoms with Crippen molar-refractivity contribution < 1.29 is 4.74 Å². The minimum absolute atomic E-state index is 0.548. The molecule has 0 saturated carbocycles. The smallest absolute Gasteiger partial charge is 0.183 e. The van der Waals surface area contributed by atoms with Gasteiger partial charge in [0.25, 0.3) is 0 Å². The number of para-hydroxylation sites is 2. The fourth-order valence-corrected chi connectivity index (χ4v) is 2.94. The van der Waals surface area contributed by atoms with Crippen LogP contribution in [0.15, 0.2) is 60.8 Å². The Balaban J connectivity index is 1.64. The predicted molar refractivity (Wildman–Crippen MR) is 91.7 cm³/mol. The van der Waals surface area contributed by atoms with Gasteiger partial charge >= 0.3 is 0 Å². The van der Waals surface area contributed by atoms with E-state index in [9.17, 15) is 0 Å². The van der Waals surface area contributed by atoms with Crippen molar-refractivity contribution in [2.24, 2.45) is 0 Å². The molecule has 1 heterocycles. The van der Waals surface area contributed by atoms with E-state index in [1.165, 1.54) is 11.3 Å². The standard InChI is InChI=1S/C17H15ClN2OS/c18-17-20-11-14(22-17)10-19-15-8-4-5-9-16(15)21-12-13-6-2-1-3-7-13/h1-9,11,19H,10,12H2. The van der Waals surface area contributed by atoms with E-state index in [0.29, 0.717) is 17.6 Å². The van der Waals surface area contributed by atoms with E-state index in [4.69, 9.17) is 16.3 Å². The first-order valence-corrected chi connectivity index (χ1v) is 8.10. The number of nitrogens with zero attached hydrogens (tertiary/aromatic N) is 1. The van der Waals surface area contributed by atoms with Crippen LogP contribution in [0.3, 0.4) is 0 Å². The van der Waals surface area contributed by atoms with E-state index in [1.807, 2.05) is 42.5 Å². The summed E-state index contributed by atoms with van der Waals surface area (Å²) in [5.74, 6) is 0.835. The van der Waals surface area contributed by atoms with Crippen LogP contribution in [0.5, 0.6) is 5.75 Å². The number of hydrogen-bond donors (Lipinski definition) is 1. The van der Waals surface area contributed by atoms with Crippen LogP contribution in [0.4, 0.5) is 5.69 Å². The largest absolute Gasteiger partial charge is 0.487 e. The lowest BCUT2D eigenvalue weighted by atomic mass is 10.2. The van der Waals surface area contributed by atoms with Crippen molar-refractivity contribution in [3.63, 3.8) is 0 Å². The third-order valence-electron chi connectivity index (χ3n) is 3.10. The maximum Gasteiger partial charge on any atom is 0.183 e. The molecule has 0 aliphatic rings. The highest BCUT2D eigenvalue weighted by atomic mass is 35.5. The number of ether oxygens (including phenoxy) is 1. The summed E-state index contributed by atoms with van der Waals surface area (Å²) in [4.78, 5) is 5.13. The Morgan fingerprint density at radius 3 is 2.59 bits per heavy atom. The highest BCUT2D eigenvalue weighted by molar-refractivity contribution is 7.15. The Morgan fingerprint density at radius 2 is 1.82 bits per heavy atom. The highest BCUT2D eigenvalue weighted by Crippen LogP contribution is 2.26. The molecule has 2 aromatic carbocycles. The lowest BCUT2D eigenvalue weighted by molar-refractivity contribution is 0.307. The van der Waals surface area contributed by atoms with Crippen molar-refractivity contribution >= 4 is 28.6 Å². The summed E-state index contributed by atoms with van der Waals surface area (Å²) in [6.07, 6.45) is 1.79. The lowest BCUT2D eigenvalue weighted by Crippen LogP contribution is -2.02. The first-order valence-electron chi connectivity index (χ1n) is 6.91. The second-order valence-corrected chi connectivity index (χ2v) is 6.40. The molecule has 0 saturated heterocycles. The van der Waals surface area contributed by atoms with Gasteiger partial charge in [0.2, 0.25) is 0 Å². The molecule has 0 amide bonds. The Kier molecular flexibility index (Phi) is 4.93. The van der Waals surface area contributed by atoms with Gasteiger partial charge in [-0.3, -0.25) is 0 Å². The molecule has 3 nitrogen and oxygen atoms in total. The van der Waals surface area contributed by atoms with Crippen LogP contribution in [0.1, 0.15) is 10.4 Å². The molecule has 3 rings (SSSR count). The second kappa shape index (κ2) is 7.29. The van der Waals surface area contributed by atoms with Crippen LogP contribution in [-0.4, -0.2) is 4.98 Å². The van der Waals surface area contributed by atoms with Crippen molar-refractivity contribution in [2.45, 2.75) is 13.2 Å². The average Bonchev–Trinajstić information content (AvgIpc) is 2.98. The molecule has 3 aromatic rings. The van der Waals surface area contributed by atoms with Gasteiger partial charge in [-0.1, -0.05) is 54.1 Å². The summed E-state index contributed by atoms with van der Waals surface area (Å²) in [7, 11) is 0. The number of halogens is 1. The third-order valence-corrected chi connectivity index (χ3v) is 4.22. The van der Waals surface area contributed by atoms with Crippen molar-refractivity contribution in [3.8, 4) is 5.75 Å². The number of thiazole rings is 1. The zero-order valence-corrected chi connectivity index (χ0v) is 13.4. The summed E-state index contributed by atoms with van der Waals surface area (Å²) in [5, 5.41) is 3.37. The molecule has 0 atom stereocenters. The number of nitrogens with one attached hydrogen (secondary N) is 1. The summed E-state index contributed by atoms with van der Waals surface area (Å²) in [6, 6.07) is 18.0. The topological polar surface area (TPSA) is 34.2 Å². The van der Waals surface area contributed by atoms with Gasteiger partial charge in [0.1, 0.15) is 12.4 Å². The summed E-state index contributed by atoms with van der Waals surface area (Å²) >= 11 is 7.32. The average molecular weight is 331 g/mol. The summed E-state index contributed by atoms with van der Waals surface area (Å²) in [6.45, 7) is 1.22. The highest BCUT2D eigenvalue weighted by Gasteiger charge is 2.05. The fraction of sp³-hybridized carbons (Fsp3) is 0.118. The van der Waals surface area contributed by atoms with Crippen LogP contribution < -0.4 is 10.1 Å². The molecular formula is C17H15ClN2OS. The molecule has 1 N–H and O–H groups in total. The van der Waals surface area contributed by atoms with Crippen molar-refractivity contribution in [2.75, 3.05) is 5.32 Å². The van der Waals surface area contributed by atoms with E-state index in [1.54, 1.807) is 6.20 Å². The van der Waals surface area contributed by atoms with E-state index in [-0.39, 0.29) is 0 Å². The van der Waals surface area contributed by atoms with Gasteiger partial charge in [0, 0.05) is 11.1 Å². The number of rotatable bonds is 6. The Morgan fingerprint density at radius 1 is 1.05 bits per heavy atom. The molecule has 0 unspecified atom stereocenters. The minimum atomic E-state index is 0.548. The second-order valence-electron chi connectivity index (χ2n) is 4.70. The SMILES string of the molecule is Clc1ncc(CNc2ccccc2OCc2ccccc2)s1. The molecule has 0 radical (unpaired) electrons. The van der Waals surface area contributed by atoms with E-state index >= 15 is 0 Å². The molecular weight excluding hydrogens is 316 g/mol. The van der Waals surface area contributed by atoms with Crippen LogP contribution in [-0.2, 0) is 13.2 Å². The minimum Gasteiger partial charge on any atom is -0.487 e. The van der Waals surface area contributed by atoms with Gasteiger partial charge in [-0.05, 0) is 17.7 Å². The van der Waals surface area contributed by atoms with E-state index in [2.05, 4.69) is 22.4 Å². The molecule has 0 bridgehead atoms. The quantitative estimate of drug-likeness (QED) is 0.691. The number of aromatic nitrogens is 1. The third kappa shape index (κ3) is 4.00. The molecule has 1 aromatic heterocycles. The number of benzene rings is 2. The van der Waals surface area contributed by atoms with Gasteiger partial charge in [0.15, 0.2) is 4.47 Å². The lowest BCUT2D eigenvalue weighted by Gasteiger charge is -2.12. The van der Waals surface area contributed by atoms with Crippen LogP contribution in [0.25, 0.3) is 0 Å². The molecule has 0 aliphatic carbocycles. The van der Waals surface area contributed by atoms with Crippen molar-refractivity contribution in [1.82, 2.24) is 4.98 Å². The zero-order valence-electron chi connectivity index (χ0n) is 11.8. The first-order chi connectivity index (χ1) is 10.8. The molecule has 0 aliphatic heterocycles. The number of hydrogen-bond acceptors (Lipinski definition) is 4. The van der Waals surface area contributed by atoms with Crippen LogP contribution in [0, 0.1) is 0 Å². The van der Waals surface area contributed by atoms with E-state index < -0.39 is 0 Å². The summed E-state index contributed by atoms with van der Waals surface area (Å²) in [5.41, 5.74) is 2.11. The first kappa shape index (κ1) is 14.9. The van der Waals surface area contributed by atoms with Crippen molar-refractivity contribution in [1.29, 1.82) is 0 Å². The van der Waals surface area contributed by atoms with Crippen LogP contribution in [0.2, 0.25) is 4.47 Å². The zero-order chi connectivity index (χ0) is 15.2. The maximum atomic E-state index is 5.92. The Hall–Kier alpha value is -2.04. The van der Waals surface area contributed by atoms with Crippen LogP contribution >= 0.6 is 22.9 Å². The predicted octanol–water partition coefficient (Wildman–Crippen LogP) is 4.99. The van der Waals surface area contributed by atoms with Gasteiger partial charge in [0.05, 0.1) is 12.2 Å². The number of anilines is 1. The van der Waals surface area contributed by atoms with Gasteiger partial charge in [-0.25, -0.2) is 4.98 Å². The maximum absolute atomic E-state index is 5.92. The fourth-order valence-electron chi connectivity index (χ4n) is 2.02. The monoisotopic (exact) mass is 330 g/mol. The molecule has 5 heteroatoms. The molecule has 112 valence electrons. The summed E-state index contributed by atoms with van der Waals surface area (Å²) < 4.78 is 6.48. The van der Waals surface area contributed by atoms with Gasteiger partial charge in [-0.2, -0.15) is 0 Å². The molecule has 0 fully saturated rings. The van der Waals surface area contributed by atoms with Gasteiger partial charge < -0.3 is 10.1 Å². The molecule has 22 heavy (non-hydrogen) atoms. The van der Waals surface area contributed by atoms with Crippen molar-refractivity contribution in [3.05, 3.63) is 75.7 Å². The normalized spacial score (nSPS) is 10.4. The Bertz CT molecular complexity index is 730. The van der Waals surface area contributed by atoms with E-state index in [0.717, 1.165) is 21.9 Å². The molecule has 0 spiro atoms. The van der Waals surface area contributed by atoms with Gasteiger partial charge in [-0.15, -0.1) is 11.3 Å². The Labute approximate surface area is 138 Å².